The molecule has 0 aliphatic carbocycles. The highest BCUT2D eigenvalue weighted by Gasteiger charge is 2.45. The maximum atomic E-state index is 13.3. The van der Waals surface area contributed by atoms with Crippen LogP contribution in [0.5, 0.6) is 0 Å². The number of rotatable bonds is 7. The van der Waals surface area contributed by atoms with Gasteiger partial charge in [0.25, 0.3) is 0 Å². The van der Waals surface area contributed by atoms with E-state index in [9.17, 15) is 9.59 Å². The lowest BCUT2D eigenvalue weighted by Gasteiger charge is -2.30. The van der Waals surface area contributed by atoms with E-state index in [0.29, 0.717) is 13.1 Å². The normalized spacial score (nSPS) is 19.1. The van der Waals surface area contributed by atoms with Gasteiger partial charge in [0.1, 0.15) is 0 Å². The number of hydrogen-bond acceptors (Lipinski definition) is 3. The summed E-state index contributed by atoms with van der Waals surface area (Å²) >= 11 is 0. The molecule has 1 aliphatic heterocycles. The highest BCUT2D eigenvalue weighted by Crippen LogP contribution is 2.40. The van der Waals surface area contributed by atoms with Gasteiger partial charge in [0.15, 0.2) is 0 Å². The number of nitrogens with zero attached hydrogens (tertiary/aromatic N) is 4. The fourth-order valence-corrected chi connectivity index (χ4v) is 4.44. The Morgan fingerprint density at radius 2 is 1.97 bits per heavy atom. The molecule has 1 aromatic carbocycles. The molecular weight excluding hydrogens is 364 g/mol. The third-order valence-electron chi connectivity index (χ3n) is 5.94. The molecule has 6 heteroatoms. The van der Waals surface area contributed by atoms with Crippen molar-refractivity contribution in [3.63, 3.8) is 0 Å². The Hall–Kier alpha value is -2.63. The maximum absolute atomic E-state index is 13.3. The van der Waals surface area contributed by atoms with Gasteiger partial charge in [-0.25, -0.2) is 0 Å². The number of carbonyl (C=O) groups excluding carboxylic acids is 2. The fraction of sp³-hybridized carbons (Fsp3) is 0.522. The molecule has 2 heterocycles. The smallest absolute Gasteiger partial charge is 0.228 e. The van der Waals surface area contributed by atoms with Crippen molar-refractivity contribution in [2.45, 2.75) is 53.1 Å². The first kappa shape index (κ1) is 21.1. The van der Waals surface area contributed by atoms with Crippen LogP contribution in [0.15, 0.2) is 30.3 Å². The summed E-state index contributed by atoms with van der Waals surface area (Å²) in [7, 11) is 1.84. The highest BCUT2D eigenvalue weighted by atomic mass is 16.2. The van der Waals surface area contributed by atoms with Crippen LogP contribution in [0.4, 0.5) is 0 Å². The van der Waals surface area contributed by atoms with E-state index in [1.807, 2.05) is 68.6 Å². The zero-order valence-electron chi connectivity index (χ0n) is 18.2. The molecule has 6 nitrogen and oxygen atoms in total. The molecule has 0 spiro atoms. The van der Waals surface area contributed by atoms with Crippen LogP contribution >= 0.6 is 0 Å². The van der Waals surface area contributed by atoms with E-state index in [2.05, 4.69) is 11.2 Å². The maximum Gasteiger partial charge on any atom is 0.228 e. The average Bonchev–Trinajstić information content (AvgIpc) is 3.19. The van der Waals surface area contributed by atoms with Gasteiger partial charge in [-0.2, -0.15) is 5.10 Å². The third-order valence-corrected chi connectivity index (χ3v) is 5.94. The Morgan fingerprint density at radius 3 is 2.59 bits per heavy atom. The largest absolute Gasteiger partial charge is 0.345 e. The molecule has 0 saturated carbocycles. The van der Waals surface area contributed by atoms with E-state index in [0.717, 1.165) is 35.5 Å². The molecule has 3 rings (SSSR count). The lowest BCUT2D eigenvalue weighted by molar-refractivity contribution is -0.135. The number of aromatic nitrogens is 2. The first-order valence-electron chi connectivity index (χ1n) is 10.4. The van der Waals surface area contributed by atoms with Gasteiger partial charge in [0.05, 0.1) is 17.7 Å². The molecule has 0 N–H and O–H groups in total. The van der Waals surface area contributed by atoms with Gasteiger partial charge in [-0.1, -0.05) is 24.3 Å². The molecular formula is C23H32N4O2. The lowest BCUT2D eigenvalue weighted by atomic mass is 9.90. The van der Waals surface area contributed by atoms with Crippen molar-refractivity contribution in [3.05, 3.63) is 52.8 Å². The van der Waals surface area contributed by atoms with Crippen molar-refractivity contribution in [2.75, 3.05) is 20.1 Å². The number of hydrogen-bond donors (Lipinski definition) is 0. The van der Waals surface area contributed by atoms with E-state index in [-0.39, 0.29) is 30.2 Å². The number of aryl methyl sites for hydroxylation is 4. The SMILES string of the molecule is CCN1C(=O)C[C@@H](C(=O)N(C)CCCn2nc(C)cc2C)[C@@H]1c1ccccc1C. The highest BCUT2D eigenvalue weighted by molar-refractivity contribution is 5.90. The minimum Gasteiger partial charge on any atom is -0.345 e. The summed E-state index contributed by atoms with van der Waals surface area (Å²) in [6.45, 7) is 10.1. The third kappa shape index (κ3) is 4.36. The minimum atomic E-state index is -0.331. The van der Waals surface area contributed by atoms with Gasteiger partial charge in [0, 0.05) is 38.8 Å². The van der Waals surface area contributed by atoms with Crippen LogP contribution in [0.1, 0.15) is 48.3 Å². The van der Waals surface area contributed by atoms with Gasteiger partial charge in [-0.15, -0.1) is 0 Å². The molecule has 0 radical (unpaired) electrons. The molecule has 2 aromatic rings. The Kier molecular flexibility index (Phi) is 6.40. The fourth-order valence-electron chi connectivity index (χ4n) is 4.44. The van der Waals surface area contributed by atoms with Crippen molar-refractivity contribution in [2.24, 2.45) is 5.92 Å². The van der Waals surface area contributed by atoms with Crippen LogP contribution in [-0.2, 0) is 16.1 Å². The summed E-state index contributed by atoms with van der Waals surface area (Å²) < 4.78 is 1.99. The molecule has 1 fully saturated rings. The van der Waals surface area contributed by atoms with Crippen molar-refractivity contribution in [1.29, 1.82) is 0 Å². The van der Waals surface area contributed by atoms with E-state index in [1.165, 1.54) is 0 Å². The van der Waals surface area contributed by atoms with Crippen LogP contribution in [0, 0.1) is 26.7 Å². The standard InChI is InChI=1S/C23H32N4O2/c1-6-26-21(28)15-20(22(26)19-11-8-7-10-16(19)2)23(29)25(5)12-9-13-27-18(4)14-17(3)24-27/h7-8,10-11,14,20,22H,6,9,12-13,15H2,1-5H3/t20-,22+/m1/s1. The first-order chi connectivity index (χ1) is 13.8. The van der Waals surface area contributed by atoms with Gasteiger partial charge in [-0.3, -0.25) is 14.3 Å². The summed E-state index contributed by atoms with van der Waals surface area (Å²) in [6, 6.07) is 9.95. The Bertz CT molecular complexity index is 889. The predicted octanol–water partition coefficient (Wildman–Crippen LogP) is 3.27. The number of benzene rings is 1. The molecule has 29 heavy (non-hydrogen) atoms. The molecule has 156 valence electrons. The topological polar surface area (TPSA) is 58.4 Å². The molecule has 1 aromatic heterocycles. The molecule has 2 atom stereocenters. The van der Waals surface area contributed by atoms with E-state index < -0.39 is 0 Å². The van der Waals surface area contributed by atoms with Crippen LogP contribution < -0.4 is 0 Å². The van der Waals surface area contributed by atoms with Crippen molar-refractivity contribution >= 4 is 11.8 Å². The van der Waals surface area contributed by atoms with Gasteiger partial charge >= 0.3 is 0 Å². The summed E-state index contributed by atoms with van der Waals surface area (Å²) in [5, 5.41) is 4.48. The van der Waals surface area contributed by atoms with Gasteiger partial charge in [0.2, 0.25) is 11.8 Å². The molecule has 2 amide bonds. The molecule has 0 bridgehead atoms. The summed E-state index contributed by atoms with van der Waals surface area (Å²) in [4.78, 5) is 29.5. The van der Waals surface area contributed by atoms with Crippen molar-refractivity contribution < 1.29 is 9.59 Å². The first-order valence-corrected chi connectivity index (χ1v) is 10.4. The molecule has 1 aliphatic rings. The Labute approximate surface area is 173 Å². The van der Waals surface area contributed by atoms with Crippen LogP contribution in [0.2, 0.25) is 0 Å². The monoisotopic (exact) mass is 396 g/mol. The second kappa shape index (κ2) is 8.80. The van der Waals surface area contributed by atoms with Gasteiger partial charge in [-0.05, 0) is 51.3 Å². The summed E-state index contributed by atoms with van der Waals surface area (Å²) in [5.41, 5.74) is 4.35. The van der Waals surface area contributed by atoms with E-state index in [1.54, 1.807) is 4.90 Å². The number of carbonyl (C=O) groups is 2. The van der Waals surface area contributed by atoms with Crippen molar-refractivity contribution in [1.82, 2.24) is 19.6 Å². The Morgan fingerprint density at radius 1 is 1.24 bits per heavy atom. The quantitative estimate of drug-likeness (QED) is 0.722. The van der Waals surface area contributed by atoms with Crippen molar-refractivity contribution in [3.8, 4) is 0 Å². The van der Waals surface area contributed by atoms with E-state index in [4.69, 9.17) is 0 Å². The predicted molar refractivity (Wildman–Crippen MR) is 113 cm³/mol. The summed E-state index contributed by atoms with van der Waals surface area (Å²) in [5.74, 6) is -0.215. The van der Waals surface area contributed by atoms with Gasteiger partial charge < -0.3 is 9.80 Å². The van der Waals surface area contributed by atoms with Crippen LogP contribution in [-0.4, -0.2) is 51.5 Å². The number of likely N-dealkylation sites (tertiary alicyclic amines) is 1. The minimum absolute atomic E-state index is 0.0518. The zero-order valence-corrected chi connectivity index (χ0v) is 18.2. The lowest BCUT2D eigenvalue weighted by Crippen LogP contribution is -2.37. The zero-order chi connectivity index (χ0) is 21.1. The van der Waals surface area contributed by atoms with Crippen LogP contribution in [0.3, 0.4) is 0 Å². The second-order valence-corrected chi connectivity index (χ2v) is 8.06. The summed E-state index contributed by atoms with van der Waals surface area (Å²) in [6.07, 6.45) is 1.12. The Balaban J connectivity index is 1.71. The molecule has 0 unspecified atom stereocenters. The second-order valence-electron chi connectivity index (χ2n) is 8.06. The van der Waals surface area contributed by atoms with Crippen LogP contribution in [0.25, 0.3) is 0 Å². The molecule has 1 saturated heterocycles. The van der Waals surface area contributed by atoms with E-state index >= 15 is 0 Å². The number of amides is 2. The average molecular weight is 397 g/mol.